The molecule has 9 rings (SSSR count). The van der Waals surface area contributed by atoms with Crippen LogP contribution >= 0.6 is 0 Å². The van der Waals surface area contributed by atoms with E-state index < -0.39 is 35.2 Å². The minimum Gasteiger partial charge on any atom is -0.459 e. The van der Waals surface area contributed by atoms with Crippen molar-refractivity contribution in [2.45, 2.75) is 146 Å². The molecule has 5 N–H and O–H groups in total. The second kappa shape index (κ2) is 26.9. The molecule has 2 saturated heterocycles. The summed E-state index contributed by atoms with van der Waals surface area (Å²) >= 11 is 0. The smallest absolute Gasteiger partial charge is 0.325 e. The third kappa shape index (κ3) is 16.2. The molecule has 0 unspecified atom stereocenters. The van der Waals surface area contributed by atoms with Crippen LogP contribution < -0.4 is 26.6 Å². The lowest BCUT2D eigenvalue weighted by atomic mass is 9.94. The van der Waals surface area contributed by atoms with E-state index in [0.717, 1.165) is 93.7 Å². The third-order valence-corrected chi connectivity index (χ3v) is 16.7. The van der Waals surface area contributed by atoms with E-state index in [4.69, 9.17) is 4.74 Å². The van der Waals surface area contributed by atoms with Crippen molar-refractivity contribution < 1.29 is 43.1 Å². The molecule has 16 heteroatoms. The fraction of sp³-hybridized carbons (Fsp3) is 0.508. The summed E-state index contributed by atoms with van der Waals surface area (Å²) in [5.74, 6) is -4.69. The summed E-state index contributed by atoms with van der Waals surface area (Å²) in [6, 6.07) is 36.3. The van der Waals surface area contributed by atoms with Gasteiger partial charge < -0.3 is 41.1 Å². The quantitative estimate of drug-likeness (QED) is 0.0310. The van der Waals surface area contributed by atoms with Gasteiger partial charge in [-0.05, 0) is 93.8 Å². The van der Waals surface area contributed by atoms with Gasteiger partial charge in [-0.3, -0.25) is 38.4 Å². The van der Waals surface area contributed by atoms with Crippen molar-refractivity contribution in [1.29, 1.82) is 0 Å². The molecule has 5 aliphatic rings. The summed E-state index contributed by atoms with van der Waals surface area (Å²) in [4.78, 5) is 112. The van der Waals surface area contributed by atoms with Crippen molar-refractivity contribution in [3.63, 3.8) is 0 Å². The average molecular weight is 1100 g/mol. The molecule has 3 saturated carbocycles. The van der Waals surface area contributed by atoms with Gasteiger partial charge in [-0.2, -0.15) is 0 Å². The van der Waals surface area contributed by atoms with Crippen molar-refractivity contribution in [2.24, 2.45) is 23.7 Å². The number of nitrogens with zero attached hydrogens (tertiary/aromatic N) is 2. The van der Waals surface area contributed by atoms with E-state index in [-0.39, 0.29) is 110 Å². The van der Waals surface area contributed by atoms with E-state index in [1.807, 2.05) is 54.6 Å². The normalized spacial score (nSPS) is 24.3. The van der Waals surface area contributed by atoms with Crippen LogP contribution in [-0.2, 0) is 33.5 Å². The Morgan fingerprint density at radius 1 is 0.444 bits per heavy atom. The van der Waals surface area contributed by atoms with Crippen LogP contribution in [0.1, 0.15) is 159 Å². The Labute approximate surface area is 476 Å². The van der Waals surface area contributed by atoms with E-state index >= 15 is 0 Å². The number of likely N-dealkylation sites (tertiary alicyclic amines) is 2. The van der Waals surface area contributed by atoms with Gasteiger partial charge in [-0.15, -0.1) is 0 Å². The zero-order chi connectivity index (χ0) is 57.0. The van der Waals surface area contributed by atoms with Gasteiger partial charge in [0.25, 0.3) is 11.8 Å². The van der Waals surface area contributed by atoms with Gasteiger partial charge in [0.15, 0.2) is 0 Å². The fourth-order valence-electron chi connectivity index (χ4n) is 11.9. The summed E-state index contributed by atoms with van der Waals surface area (Å²) in [7, 11) is 0. The van der Waals surface area contributed by atoms with E-state index in [9.17, 15) is 38.4 Å². The van der Waals surface area contributed by atoms with Crippen molar-refractivity contribution in [3.05, 3.63) is 143 Å². The van der Waals surface area contributed by atoms with E-state index in [2.05, 4.69) is 63.0 Å². The molecule has 2 aliphatic heterocycles. The number of hydrogen-bond donors (Lipinski definition) is 5. The van der Waals surface area contributed by atoms with Gasteiger partial charge in [-0.1, -0.05) is 136 Å². The van der Waals surface area contributed by atoms with Crippen molar-refractivity contribution in [2.75, 3.05) is 39.3 Å². The minimum absolute atomic E-state index is 0.0453. The van der Waals surface area contributed by atoms with Crippen LogP contribution in [0.25, 0.3) is 0 Å². The number of unbranched alkanes of at least 4 members (excludes halogenated alkanes) is 8. The molecule has 16 nitrogen and oxygen atoms in total. The molecule has 0 spiro atoms. The predicted molar refractivity (Wildman–Crippen MR) is 307 cm³/mol. The molecule has 4 aromatic carbocycles. The first-order valence-corrected chi connectivity index (χ1v) is 29.6. The second-order valence-electron chi connectivity index (χ2n) is 24.1. The molecule has 0 bridgehead atoms. The van der Waals surface area contributed by atoms with E-state index in [1.54, 1.807) is 54.8 Å². The molecule has 10 atom stereocenters. The number of nitrogens with one attached hydrogen (secondary N) is 5. The highest BCUT2D eigenvalue weighted by molar-refractivity contribution is 6.00. The molecule has 0 aromatic heterocycles. The molecule has 81 heavy (non-hydrogen) atoms. The fourth-order valence-corrected chi connectivity index (χ4v) is 11.9. The SMILES string of the molecule is CC(C)(C)OC(=O)CNC(=O)CCCCCCCCCCCNC(=O)[C@@H]1CN(C(=O)c2ccc(C(=O)N3C[C@@H](C(=O)N[C@H]4C[C@@H]4c4ccccc4)[C@H](C(=O)N[C@H]4C[C@@H]4c4ccccc4)C3)cc2)C[C@H]1C(=O)N[C@H]1C[C@@H]1c1ccccc1. The Morgan fingerprint density at radius 3 is 1.16 bits per heavy atom. The van der Waals surface area contributed by atoms with Gasteiger partial charge in [0, 0.05) is 86.2 Å². The second-order valence-corrected chi connectivity index (χ2v) is 24.1. The highest BCUT2D eigenvalue weighted by atomic mass is 16.6. The zero-order valence-corrected chi connectivity index (χ0v) is 47.2. The third-order valence-electron chi connectivity index (χ3n) is 16.7. The maximum absolute atomic E-state index is 14.3. The van der Waals surface area contributed by atoms with Crippen LogP contribution in [0.3, 0.4) is 0 Å². The lowest BCUT2D eigenvalue weighted by molar-refractivity contribution is -0.154. The molecule has 2 heterocycles. The maximum Gasteiger partial charge on any atom is 0.325 e. The van der Waals surface area contributed by atoms with E-state index in [0.29, 0.717) is 24.1 Å². The molecule has 430 valence electrons. The van der Waals surface area contributed by atoms with Crippen molar-refractivity contribution >= 4 is 47.3 Å². The number of benzene rings is 4. The Hall–Kier alpha value is -7.36. The van der Waals surface area contributed by atoms with Gasteiger partial charge in [0.2, 0.25) is 29.5 Å². The Morgan fingerprint density at radius 2 is 0.790 bits per heavy atom. The van der Waals surface area contributed by atoms with Crippen LogP contribution in [0.15, 0.2) is 115 Å². The lowest BCUT2D eigenvalue weighted by Gasteiger charge is -2.19. The first-order valence-electron chi connectivity index (χ1n) is 29.6. The predicted octanol–water partition coefficient (Wildman–Crippen LogP) is 7.56. The lowest BCUT2D eigenvalue weighted by Crippen LogP contribution is -2.43. The van der Waals surface area contributed by atoms with Crippen LogP contribution in [0, 0.1) is 23.7 Å². The standard InChI is InChI=1S/C65H81N7O9/c1-65(2,3)81-58(74)37-67-57(73)28-20-9-7-5-4-6-8-10-21-33-66-59(75)50-38-71(39-51(50)60(76)68-54-34-47(54)42-22-14-11-15-23-42)63(79)45-29-31-46(32-30-45)64(80)72-40-52(61(77)69-55-35-48(55)43-24-16-12-17-25-43)53(41-72)62(78)70-56-36-49(56)44-26-18-13-19-27-44/h11-19,22-27,29-32,47-56H,4-10,20-21,28,33-41H2,1-3H3,(H,66,75)(H,67,73)(H,68,76)(H,69,77)(H,70,78)/t47-,48-,49-,50-,51-,52-,53-,54+,55+,56+/m1/s1. The number of ether oxygens (including phenoxy) is 1. The maximum atomic E-state index is 14.3. The number of rotatable bonds is 26. The monoisotopic (exact) mass is 1100 g/mol. The highest BCUT2D eigenvalue weighted by Gasteiger charge is 2.50. The average Bonchev–Trinajstić information content (AvgIpc) is 4.45. The summed E-state index contributed by atoms with van der Waals surface area (Å²) in [5, 5.41) is 15.3. The molecular formula is C65H81N7O9. The Balaban J connectivity index is 0.754. The minimum atomic E-state index is -0.753. The summed E-state index contributed by atoms with van der Waals surface area (Å²) < 4.78 is 5.23. The van der Waals surface area contributed by atoms with Gasteiger partial charge >= 0.3 is 5.97 Å². The Kier molecular flexibility index (Phi) is 19.4. The molecule has 3 aliphatic carbocycles. The van der Waals surface area contributed by atoms with Gasteiger partial charge in [0.05, 0.1) is 23.7 Å². The van der Waals surface area contributed by atoms with Crippen LogP contribution in [0.4, 0.5) is 0 Å². The number of amides is 7. The largest absolute Gasteiger partial charge is 0.459 e. The van der Waals surface area contributed by atoms with Crippen LogP contribution in [0.5, 0.6) is 0 Å². The topological polar surface area (TPSA) is 212 Å². The molecule has 7 amide bonds. The van der Waals surface area contributed by atoms with Crippen LogP contribution in [0.2, 0.25) is 0 Å². The van der Waals surface area contributed by atoms with Gasteiger partial charge in [-0.25, -0.2) is 0 Å². The molecule has 5 fully saturated rings. The highest BCUT2D eigenvalue weighted by Crippen LogP contribution is 2.44. The van der Waals surface area contributed by atoms with Crippen molar-refractivity contribution in [1.82, 2.24) is 36.4 Å². The summed E-state index contributed by atoms with van der Waals surface area (Å²) in [5.41, 5.74) is 3.49. The first-order chi connectivity index (χ1) is 39.1. The first kappa shape index (κ1) is 58.3. The number of hydrogen-bond acceptors (Lipinski definition) is 9. The number of carbonyl (C=O) groups excluding carboxylic acids is 8. The summed E-state index contributed by atoms with van der Waals surface area (Å²) in [6.07, 6.45) is 11.5. The number of carbonyl (C=O) groups is 8. The molecular weight excluding hydrogens is 1020 g/mol. The van der Waals surface area contributed by atoms with E-state index in [1.165, 1.54) is 0 Å². The zero-order valence-electron chi connectivity index (χ0n) is 47.2. The van der Waals surface area contributed by atoms with Crippen LogP contribution in [-0.4, -0.2) is 120 Å². The molecule has 0 radical (unpaired) electrons. The summed E-state index contributed by atoms with van der Waals surface area (Å²) in [6.45, 7) is 5.97. The Bertz CT molecular complexity index is 2770. The number of esters is 1. The van der Waals surface area contributed by atoms with Gasteiger partial charge in [0.1, 0.15) is 12.1 Å². The molecule has 4 aromatic rings. The van der Waals surface area contributed by atoms with Crippen molar-refractivity contribution in [3.8, 4) is 0 Å².